The summed E-state index contributed by atoms with van der Waals surface area (Å²) >= 11 is 1.14. The highest BCUT2D eigenvalue weighted by Crippen LogP contribution is 2.19. The van der Waals surface area contributed by atoms with E-state index in [1.165, 1.54) is 0 Å². The first kappa shape index (κ1) is 21.1. The van der Waals surface area contributed by atoms with Gasteiger partial charge in [-0.1, -0.05) is 21.6 Å². The number of carbonyl (C=O) groups is 4. The van der Waals surface area contributed by atoms with Crippen molar-refractivity contribution in [1.82, 2.24) is 10.6 Å². The van der Waals surface area contributed by atoms with E-state index in [0.29, 0.717) is 19.5 Å². The van der Waals surface area contributed by atoms with Gasteiger partial charge in [-0.2, -0.15) is 11.8 Å². The van der Waals surface area contributed by atoms with E-state index in [4.69, 9.17) is 5.11 Å². The van der Waals surface area contributed by atoms with Crippen LogP contribution in [0.2, 0.25) is 0 Å². The molecule has 0 aromatic rings. The number of rotatable bonds is 14. The maximum absolute atomic E-state index is 11.6. The molecule has 22 heavy (non-hydrogen) atoms. The van der Waals surface area contributed by atoms with Crippen molar-refractivity contribution in [2.45, 2.75) is 18.1 Å². The van der Waals surface area contributed by atoms with E-state index in [9.17, 15) is 19.2 Å². The van der Waals surface area contributed by atoms with E-state index >= 15 is 0 Å². The van der Waals surface area contributed by atoms with Gasteiger partial charge in [-0.15, -0.1) is 0 Å². The molecule has 0 bridgehead atoms. The van der Waals surface area contributed by atoms with Gasteiger partial charge in [0.2, 0.25) is 12.3 Å². The van der Waals surface area contributed by atoms with Crippen LogP contribution in [0.5, 0.6) is 0 Å². The highest BCUT2D eigenvalue weighted by Gasteiger charge is 2.24. The summed E-state index contributed by atoms with van der Waals surface area (Å²) in [5.74, 6) is -0.986. The van der Waals surface area contributed by atoms with Crippen molar-refractivity contribution in [1.29, 1.82) is 0 Å². The SMILES string of the molecule is CSC(CCC(=O)NCCSSCCNC=O)C(=O)C(=O)O. The molecule has 0 aliphatic heterocycles. The predicted octanol–water partition coefficient (Wildman–Crippen LogP) is 0.396. The van der Waals surface area contributed by atoms with Crippen molar-refractivity contribution in [3.63, 3.8) is 0 Å². The van der Waals surface area contributed by atoms with Crippen LogP contribution in [0.3, 0.4) is 0 Å². The number of amides is 2. The highest BCUT2D eigenvalue weighted by atomic mass is 33.1. The predicted molar refractivity (Wildman–Crippen MR) is 91.2 cm³/mol. The zero-order valence-corrected chi connectivity index (χ0v) is 14.7. The molecule has 1 unspecified atom stereocenters. The molecule has 3 N–H and O–H groups in total. The van der Waals surface area contributed by atoms with E-state index in [0.717, 1.165) is 23.3 Å². The number of carboxylic acid groups (broad SMARTS) is 1. The van der Waals surface area contributed by atoms with Gasteiger partial charge in [-0.25, -0.2) is 4.79 Å². The number of Topliss-reactive ketones (excluding diaryl/α,β-unsaturated/α-hetero) is 1. The third-order valence-electron chi connectivity index (χ3n) is 2.43. The monoisotopic (exact) mass is 368 g/mol. The molecule has 126 valence electrons. The summed E-state index contributed by atoms with van der Waals surface area (Å²) in [4.78, 5) is 43.5. The zero-order valence-electron chi connectivity index (χ0n) is 12.2. The van der Waals surface area contributed by atoms with Crippen LogP contribution in [-0.2, 0) is 19.2 Å². The van der Waals surface area contributed by atoms with Gasteiger partial charge in [0, 0.05) is 31.0 Å². The molecule has 0 saturated carbocycles. The Bertz CT molecular complexity index is 382. The Morgan fingerprint density at radius 1 is 1.18 bits per heavy atom. The third-order valence-corrected chi connectivity index (χ3v) is 5.85. The number of ketones is 1. The van der Waals surface area contributed by atoms with Crippen LogP contribution in [-0.4, -0.2) is 65.3 Å². The van der Waals surface area contributed by atoms with Crippen LogP contribution in [0.1, 0.15) is 12.8 Å². The second-order valence-corrected chi connectivity index (χ2v) is 7.74. The minimum atomic E-state index is -1.46. The third kappa shape index (κ3) is 10.8. The Morgan fingerprint density at radius 3 is 2.36 bits per heavy atom. The molecule has 0 heterocycles. The zero-order chi connectivity index (χ0) is 16.8. The normalized spacial score (nSPS) is 11.5. The summed E-state index contributed by atoms with van der Waals surface area (Å²) in [6, 6.07) is 0. The second-order valence-electron chi connectivity index (χ2n) is 4.00. The van der Waals surface area contributed by atoms with E-state index in [-0.39, 0.29) is 18.7 Å². The van der Waals surface area contributed by atoms with Crippen molar-refractivity contribution in [2.24, 2.45) is 0 Å². The lowest BCUT2D eigenvalue weighted by molar-refractivity contribution is -0.148. The van der Waals surface area contributed by atoms with Gasteiger partial charge < -0.3 is 15.7 Å². The molecule has 0 saturated heterocycles. The molecule has 7 nitrogen and oxygen atoms in total. The van der Waals surface area contributed by atoms with Gasteiger partial charge in [0.15, 0.2) is 0 Å². The average molecular weight is 369 g/mol. The minimum Gasteiger partial charge on any atom is -0.475 e. The Morgan fingerprint density at radius 2 is 1.82 bits per heavy atom. The number of thioether (sulfide) groups is 1. The lowest BCUT2D eigenvalue weighted by Gasteiger charge is -2.10. The molecule has 0 aromatic heterocycles. The summed E-state index contributed by atoms with van der Waals surface area (Å²) in [6.45, 7) is 1.12. The molecule has 0 aliphatic rings. The molecule has 0 radical (unpaired) electrons. The van der Waals surface area contributed by atoms with E-state index in [1.54, 1.807) is 27.8 Å². The van der Waals surface area contributed by atoms with Crippen LogP contribution in [0.4, 0.5) is 0 Å². The second kappa shape index (κ2) is 13.8. The molecule has 0 fully saturated rings. The van der Waals surface area contributed by atoms with Crippen molar-refractivity contribution < 1.29 is 24.3 Å². The van der Waals surface area contributed by atoms with Gasteiger partial charge in [0.25, 0.3) is 5.78 Å². The Labute approximate surface area is 141 Å². The van der Waals surface area contributed by atoms with Gasteiger partial charge in [0.1, 0.15) is 0 Å². The summed E-state index contributed by atoms with van der Waals surface area (Å²) in [5.41, 5.74) is 0. The highest BCUT2D eigenvalue weighted by molar-refractivity contribution is 8.76. The van der Waals surface area contributed by atoms with Crippen LogP contribution in [0, 0.1) is 0 Å². The number of hydrogen-bond acceptors (Lipinski definition) is 7. The molecular weight excluding hydrogens is 348 g/mol. The fraction of sp³-hybridized carbons (Fsp3) is 0.667. The maximum Gasteiger partial charge on any atom is 0.373 e. The standard InChI is InChI=1S/C12H20N2O5S3/c1-20-9(11(17)12(18)19)2-3-10(16)14-5-7-22-21-6-4-13-8-15/h8-9H,2-7H2,1H3,(H,13,15)(H,14,16)(H,18,19). The van der Waals surface area contributed by atoms with Gasteiger partial charge in [0.05, 0.1) is 5.25 Å². The fourth-order valence-electron chi connectivity index (χ4n) is 1.35. The largest absolute Gasteiger partial charge is 0.475 e. The number of aliphatic carboxylic acids is 1. The van der Waals surface area contributed by atoms with Gasteiger partial charge in [-0.05, 0) is 12.7 Å². The average Bonchev–Trinajstić information content (AvgIpc) is 2.50. The first-order valence-corrected chi connectivity index (χ1v) is 10.3. The molecule has 0 spiro atoms. The number of hydrogen-bond donors (Lipinski definition) is 3. The van der Waals surface area contributed by atoms with Gasteiger partial charge in [-0.3, -0.25) is 14.4 Å². The fourth-order valence-corrected chi connectivity index (χ4v) is 3.85. The first-order chi connectivity index (χ1) is 10.5. The Hall–Kier alpha value is -0.870. The minimum absolute atomic E-state index is 0.131. The topological polar surface area (TPSA) is 113 Å². The molecule has 0 aliphatic carbocycles. The molecule has 1 atom stereocenters. The van der Waals surface area contributed by atoms with Crippen LogP contribution in [0.15, 0.2) is 0 Å². The van der Waals surface area contributed by atoms with E-state index < -0.39 is 17.0 Å². The van der Waals surface area contributed by atoms with Crippen LogP contribution < -0.4 is 10.6 Å². The molecule has 2 amide bonds. The smallest absolute Gasteiger partial charge is 0.373 e. The van der Waals surface area contributed by atoms with E-state index in [2.05, 4.69) is 10.6 Å². The summed E-state index contributed by atoms with van der Waals surface area (Å²) < 4.78 is 0. The molecule has 0 aromatic carbocycles. The Kier molecular flexibility index (Phi) is 13.2. The quantitative estimate of drug-likeness (QED) is 0.175. The van der Waals surface area contributed by atoms with Crippen molar-refractivity contribution in [3.05, 3.63) is 0 Å². The number of carboxylic acids is 1. The summed E-state index contributed by atoms with van der Waals surface area (Å²) in [5, 5.41) is 13.2. The maximum atomic E-state index is 11.6. The lowest BCUT2D eigenvalue weighted by Crippen LogP contribution is -2.29. The van der Waals surface area contributed by atoms with Gasteiger partial charge >= 0.3 is 5.97 Å². The molecular formula is C12H20N2O5S3. The summed E-state index contributed by atoms with van der Waals surface area (Å²) in [7, 11) is 3.20. The number of carbonyl (C=O) groups excluding carboxylic acids is 3. The van der Waals surface area contributed by atoms with Crippen LogP contribution >= 0.6 is 33.3 Å². The van der Waals surface area contributed by atoms with Crippen molar-refractivity contribution in [2.75, 3.05) is 30.9 Å². The lowest BCUT2D eigenvalue weighted by atomic mass is 10.1. The van der Waals surface area contributed by atoms with Crippen molar-refractivity contribution >= 4 is 57.4 Å². The first-order valence-electron chi connectivity index (χ1n) is 6.51. The number of nitrogens with one attached hydrogen (secondary N) is 2. The van der Waals surface area contributed by atoms with E-state index in [1.807, 2.05) is 0 Å². The molecule has 0 rings (SSSR count). The molecule has 10 heteroatoms. The van der Waals surface area contributed by atoms with Crippen LogP contribution in [0.25, 0.3) is 0 Å². The van der Waals surface area contributed by atoms with Crippen molar-refractivity contribution in [3.8, 4) is 0 Å². The Balaban J connectivity index is 3.66. The summed E-state index contributed by atoms with van der Waals surface area (Å²) in [6.07, 6.45) is 2.65.